The van der Waals surface area contributed by atoms with E-state index in [9.17, 15) is 17.6 Å². The molecule has 1 amide bonds. The lowest BCUT2D eigenvalue weighted by Crippen LogP contribution is -2.13. The van der Waals surface area contributed by atoms with E-state index in [2.05, 4.69) is 15.3 Å². The van der Waals surface area contributed by atoms with Gasteiger partial charge < -0.3 is 0 Å². The van der Waals surface area contributed by atoms with Crippen molar-refractivity contribution >= 4 is 32.2 Å². The molecular weight excluding hydrogens is 401 g/mol. The van der Waals surface area contributed by atoms with Gasteiger partial charge in [-0.05, 0) is 24.1 Å². The summed E-state index contributed by atoms with van der Waals surface area (Å²) in [6.45, 7) is 3.61. The van der Waals surface area contributed by atoms with Gasteiger partial charge in [-0.3, -0.25) is 15.1 Å². The van der Waals surface area contributed by atoms with Crippen LogP contribution < -0.4 is 5.32 Å². The quantitative estimate of drug-likeness (QED) is 0.652. The fraction of sp³-hybridized carbons (Fsp3) is 0.211. The maximum Gasteiger partial charge on any atom is 0.276 e. The highest BCUT2D eigenvalue weighted by molar-refractivity contribution is 7.92. The standard InChI is InChI=1S/C19H18FN3O3S2/c1-12(2)16-18(28(25,26)11-13-7-3-4-8-14(13)20)27-19(22-16)23-17(24)15-9-5-6-10-21-15/h3-10,12H,11H2,1-2H3,(H,22,23,24). The second-order valence-electron chi connectivity index (χ2n) is 6.37. The van der Waals surface area contributed by atoms with Crippen molar-refractivity contribution in [2.24, 2.45) is 0 Å². The van der Waals surface area contributed by atoms with Crippen LogP contribution >= 0.6 is 11.3 Å². The molecule has 3 aromatic rings. The van der Waals surface area contributed by atoms with Gasteiger partial charge in [-0.25, -0.2) is 17.8 Å². The third-order valence-corrected chi connectivity index (χ3v) is 7.13. The third kappa shape index (κ3) is 4.42. The number of benzene rings is 1. The summed E-state index contributed by atoms with van der Waals surface area (Å²) in [5.41, 5.74) is 0.627. The Morgan fingerprint density at radius 2 is 1.89 bits per heavy atom. The minimum atomic E-state index is -3.84. The fourth-order valence-corrected chi connectivity index (χ4v) is 5.65. The molecule has 0 atom stereocenters. The molecule has 0 saturated carbocycles. The summed E-state index contributed by atoms with van der Waals surface area (Å²) < 4.78 is 39.8. The molecule has 3 rings (SSSR count). The van der Waals surface area contributed by atoms with Crippen molar-refractivity contribution in [1.82, 2.24) is 9.97 Å². The Bertz CT molecular complexity index is 1100. The van der Waals surface area contributed by atoms with E-state index in [4.69, 9.17) is 0 Å². The number of carbonyl (C=O) groups excluding carboxylic acids is 1. The van der Waals surface area contributed by atoms with Gasteiger partial charge in [-0.1, -0.05) is 49.4 Å². The average molecular weight is 420 g/mol. The molecule has 0 bridgehead atoms. The molecule has 146 valence electrons. The van der Waals surface area contributed by atoms with Gasteiger partial charge in [0, 0.05) is 11.8 Å². The molecule has 28 heavy (non-hydrogen) atoms. The normalized spacial score (nSPS) is 11.6. The summed E-state index contributed by atoms with van der Waals surface area (Å²) in [6.07, 6.45) is 1.49. The van der Waals surface area contributed by atoms with Crippen LogP contribution in [0.25, 0.3) is 0 Å². The second-order valence-corrected chi connectivity index (χ2v) is 9.55. The van der Waals surface area contributed by atoms with E-state index in [0.717, 1.165) is 11.3 Å². The van der Waals surface area contributed by atoms with E-state index >= 15 is 0 Å². The van der Waals surface area contributed by atoms with Crippen molar-refractivity contribution in [3.63, 3.8) is 0 Å². The van der Waals surface area contributed by atoms with Crippen molar-refractivity contribution in [2.75, 3.05) is 5.32 Å². The Kier molecular flexibility index (Phi) is 5.85. The van der Waals surface area contributed by atoms with Crippen LogP contribution in [0.4, 0.5) is 9.52 Å². The van der Waals surface area contributed by atoms with Crippen LogP contribution in [0, 0.1) is 5.82 Å². The monoisotopic (exact) mass is 419 g/mol. The van der Waals surface area contributed by atoms with Gasteiger partial charge >= 0.3 is 0 Å². The summed E-state index contributed by atoms with van der Waals surface area (Å²) >= 11 is 0.862. The SMILES string of the molecule is CC(C)c1nc(NC(=O)c2ccccn2)sc1S(=O)(=O)Cc1ccccc1F. The Morgan fingerprint density at radius 3 is 2.54 bits per heavy atom. The Balaban J connectivity index is 1.92. The van der Waals surface area contributed by atoms with Gasteiger partial charge in [0.1, 0.15) is 15.7 Å². The van der Waals surface area contributed by atoms with Crippen LogP contribution in [-0.4, -0.2) is 24.3 Å². The number of sulfone groups is 1. The first-order chi connectivity index (χ1) is 13.3. The number of aromatic nitrogens is 2. The predicted molar refractivity (Wildman–Crippen MR) is 106 cm³/mol. The molecular formula is C19H18FN3O3S2. The molecule has 9 heteroatoms. The Labute approximate surface area is 166 Å². The number of anilines is 1. The molecule has 6 nitrogen and oxygen atoms in total. The highest BCUT2D eigenvalue weighted by atomic mass is 32.2. The van der Waals surface area contributed by atoms with Gasteiger partial charge in [-0.15, -0.1) is 0 Å². The molecule has 0 unspecified atom stereocenters. The van der Waals surface area contributed by atoms with E-state index < -0.39 is 27.3 Å². The van der Waals surface area contributed by atoms with Crippen LogP contribution in [0.5, 0.6) is 0 Å². The van der Waals surface area contributed by atoms with Gasteiger partial charge in [0.25, 0.3) is 5.91 Å². The molecule has 0 saturated heterocycles. The highest BCUT2D eigenvalue weighted by Gasteiger charge is 2.27. The number of carbonyl (C=O) groups is 1. The maximum atomic E-state index is 13.9. The van der Waals surface area contributed by atoms with Crippen LogP contribution in [-0.2, 0) is 15.6 Å². The summed E-state index contributed by atoms with van der Waals surface area (Å²) in [6, 6.07) is 10.7. The van der Waals surface area contributed by atoms with Gasteiger partial charge in [0.15, 0.2) is 15.0 Å². The van der Waals surface area contributed by atoms with Crippen molar-refractivity contribution in [3.8, 4) is 0 Å². The summed E-state index contributed by atoms with van der Waals surface area (Å²) in [5.74, 6) is -1.73. The molecule has 0 spiro atoms. The second kappa shape index (κ2) is 8.15. The van der Waals surface area contributed by atoms with Crippen molar-refractivity contribution in [2.45, 2.75) is 29.7 Å². The number of hydrogen-bond acceptors (Lipinski definition) is 6. The van der Waals surface area contributed by atoms with E-state index in [1.165, 1.54) is 24.4 Å². The average Bonchev–Trinajstić information content (AvgIpc) is 3.09. The number of halogens is 1. The number of thiazole rings is 1. The minimum Gasteiger partial charge on any atom is -0.296 e. The molecule has 2 heterocycles. The zero-order valence-electron chi connectivity index (χ0n) is 15.2. The molecule has 1 aromatic carbocycles. The predicted octanol–water partition coefficient (Wildman–Crippen LogP) is 4.03. The first-order valence-corrected chi connectivity index (χ1v) is 10.9. The first kappa shape index (κ1) is 20.1. The van der Waals surface area contributed by atoms with Crippen molar-refractivity contribution in [3.05, 3.63) is 71.4 Å². The Morgan fingerprint density at radius 1 is 1.18 bits per heavy atom. The number of nitrogens with one attached hydrogen (secondary N) is 1. The number of amides is 1. The van der Waals surface area contributed by atoms with Crippen LogP contribution in [0.1, 0.15) is 41.5 Å². The number of hydrogen-bond donors (Lipinski definition) is 1. The number of rotatable bonds is 6. The van der Waals surface area contributed by atoms with E-state index in [0.29, 0.717) is 5.69 Å². The largest absolute Gasteiger partial charge is 0.296 e. The molecule has 0 aliphatic carbocycles. The van der Waals surface area contributed by atoms with Crippen LogP contribution in [0.3, 0.4) is 0 Å². The molecule has 0 aliphatic rings. The number of nitrogens with zero attached hydrogens (tertiary/aromatic N) is 2. The third-order valence-electron chi connectivity index (χ3n) is 3.87. The summed E-state index contributed by atoms with van der Waals surface area (Å²) in [4.78, 5) is 20.5. The summed E-state index contributed by atoms with van der Waals surface area (Å²) in [5, 5.41) is 2.75. The molecule has 0 radical (unpaired) electrons. The van der Waals surface area contributed by atoms with Gasteiger partial charge in [0.05, 0.1) is 11.4 Å². The lowest BCUT2D eigenvalue weighted by Gasteiger charge is -2.07. The van der Waals surface area contributed by atoms with Crippen molar-refractivity contribution in [1.29, 1.82) is 0 Å². The molecule has 2 aromatic heterocycles. The van der Waals surface area contributed by atoms with E-state index in [-0.39, 0.29) is 26.5 Å². The zero-order valence-corrected chi connectivity index (χ0v) is 16.8. The molecule has 0 fully saturated rings. The minimum absolute atomic E-state index is 0.0297. The molecule has 1 N–H and O–H groups in total. The van der Waals surface area contributed by atoms with Crippen molar-refractivity contribution < 1.29 is 17.6 Å². The van der Waals surface area contributed by atoms with E-state index in [1.54, 1.807) is 24.3 Å². The Hall–Kier alpha value is -2.65. The van der Waals surface area contributed by atoms with Gasteiger partial charge in [0.2, 0.25) is 0 Å². The maximum absolute atomic E-state index is 13.9. The fourth-order valence-electron chi connectivity index (χ4n) is 2.50. The van der Waals surface area contributed by atoms with E-state index in [1.807, 2.05) is 13.8 Å². The van der Waals surface area contributed by atoms with Crippen LogP contribution in [0.15, 0.2) is 52.9 Å². The van der Waals surface area contributed by atoms with Gasteiger partial charge in [-0.2, -0.15) is 0 Å². The first-order valence-electron chi connectivity index (χ1n) is 8.47. The topological polar surface area (TPSA) is 89.0 Å². The lowest BCUT2D eigenvalue weighted by molar-refractivity contribution is 0.102. The zero-order chi connectivity index (χ0) is 20.3. The lowest BCUT2D eigenvalue weighted by atomic mass is 10.2. The highest BCUT2D eigenvalue weighted by Crippen LogP contribution is 2.34. The molecule has 0 aliphatic heterocycles. The summed E-state index contributed by atoms with van der Waals surface area (Å²) in [7, 11) is -3.84. The number of pyridine rings is 1. The smallest absolute Gasteiger partial charge is 0.276 e. The van der Waals surface area contributed by atoms with Crippen LogP contribution in [0.2, 0.25) is 0 Å².